The molecule has 0 aromatic carbocycles. The lowest BCUT2D eigenvalue weighted by Gasteiger charge is -2.35. The Bertz CT molecular complexity index is 190. The van der Waals surface area contributed by atoms with Crippen molar-refractivity contribution in [1.29, 1.82) is 0 Å². The fraction of sp³-hybridized carbons (Fsp3) is 1.00. The van der Waals surface area contributed by atoms with E-state index in [0.29, 0.717) is 5.41 Å². The third-order valence-electron chi connectivity index (χ3n) is 3.13. The fourth-order valence-electron chi connectivity index (χ4n) is 1.98. The minimum atomic E-state index is -1.69. The van der Waals surface area contributed by atoms with Gasteiger partial charge in [-0.1, -0.05) is 20.8 Å². The molecule has 1 saturated heterocycles. The van der Waals surface area contributed by atoms with Crippen LogP contribution < -0.4 is 0 Å². The van der Waals surface area contributed by atoms with Crippen molar-refractivity contribution >= 4 is 7.14 Å². The summed E-state index contributed by atoms with van der Waals surface area (Å²) < 4.78 is 11.7. The summed E-state index contributed by atoms with van der Waals surface area (Å²) in [5, 5.41) is 0. The summed E-state index contributed by atoms with van der Waals surface area (Å²) >= 11 is 0. The topological polar surface area (TPSA) is 17.1 Å². The zero-order chi connectivity index (χ0) is 9.41. The molecular weight excluding hydrogens is 167 g/mol. The molecule has 0 spiro atoms. The van der Waals surface area contributed by atoms with Crippen LogP contribution >= 0.6 is 7.14 Å². The summed E-state index contributed by atoms with van der Waals surface area (Å²) in [7, 11) is -1.69. The third kappa shape index (κ3) is 2.62. The Morgan fingerprint density at radius 2 is 1.58 bits per heavy atom. The van der Waals surface area contributed by atoms with Crippen molar-refractivity contribution in [3.05, 3.63) is 0 Å². The zero-order valence-electron chi connectivity index (χ0n) is 8.76. The van der Waals surface area contributed by atoms with E-state index < -0.39 is 7.14 Å². The molecule has 12 heavy (non-hydrogen) atoms. The van der Waals surface area contributed by atoms with Crippen molar-refractivity contribution in [3.63, 3.8) is 0 Å². The molecule has 0 aromatic heterocycles. The first-order valence-electron chi connectivity index (χ1n) is 4.87. The molecule has 1 aliphatic rings. The molecule has 2 heteroatoms. The van der Waals surface area contributed by atoms with Crippen molar-refractivity contribution in [2.45, 2.75) is 33.6 Å². The van der Waals surface area contributed by atoms with E-state index in [0.717, 1.165) is 18.2 Å². The maximum absolute atomic E-state index is 11.7. The molecular formula is C10H21OP. The molecule has 0 amide bonds. The quantitative estimate of drug-likeness (QED) is 0.532. The fourth-order valence-corrected chi connectivity index (χ4v) is 3.92. The lowest BCUT2D eigenvalue weighted by Crippen LogP contribution is -2.26. The molecule has 1 rings (SSSR count). The monoisotopic (exact) mass is 188 g/mol. The van der Waals surface area contributed by atoms with E-state index in [1.165, 1.54) is 12.8 Å². The first-order valence-corrected chi connectivity index (χ1v) is 7.39. The third-order valence-corrected chi connectivity index (χ3v) is 5.53. The summed E-state index contributed by atoms with van der Waals surface area (Å²) in [4.78, 5) is 0. The number of hydrogen-bond acceptors (Lipinski definition) is 1. The molecule has 0 bridgehead atoms. The highest BCUT2D eigenvalue weighted by Crippen LogP contribution is 2.51. The molecule has 1 heterocycles. The van der Waals surface area contributed by atoms with Crippen LogP contribution in [0.1, 0.15) is 33.6 Å². The Labute approximate surface area is 76.3 Å². The van der Waals surface area contributed by atoms with Gasteiger partial charge in [0, 0.05) is 12.3 Å². The second-order valence-corrected chi connectivity index (χ2v) is 8.87. The molecule has 0 atom stereocenters. The van der Waals surface area contributed by atoms with Gasteiger partial charge < -0.3 is 4.57 Å². The number of rotatable bonds is 0. The van der Waals surface area contributed by atoms with Gasteiger partial charge in [-0.15, -0.1) is 0 Å². The van der Waals surface area contributed by atoms with Crippen molar-refractivity contribution in [3.8, 4) is 0 Å². The Morgan fingerprint density at radius 3 is 1.92 bits per heavy atom. The largest absolute Gasteiger partial charge is 0.324 e. The summed E-state index contributed by atoms with van der Waals surface area (Å²) in [5.74, 6) is 0.791. The minimum Gasteiger partial charge on any atom is -0.324 e. The van der Waals surface area contributed by atoms with Gasteiger partial charge in [0.25, 0.3) is 0 Å². The van der Waals surface area contributed by atoms with E-state index >= 15 is 0 Å². The van der Waals surface area contributed by atoms with Gasteiger partial charge in [-0.2, -0.15) is 0 Å². The zero-order valence-corrected chi connectivity index (χ0v) is 9.66. The highest BCUT2D eigenvalue weighted by molar-refractivity contribution is 7.63. The molecule has 72 valence electrons. The molecule has 0 radical (unpaired) electrons. The summed E-state index contributed by atoms with van der Waals surface area (Å²) in [6.07, 6.45) is 4.32. The summed E-state index contributed by atoms with van der Waals surface area (Å²) in [5.41, 5.74) is 0.417. The van der Waals surface area contributed by atoms with Gasteiger partial charge in [0.2, 0.25) is 0 Å². The molecule has 1 fully saturated rings. The molecule has 1 aliphatic heterocycles. The summed E-state index contributed by atoms with van der Waals surface area (Å²) in [6.45, 7) is 8.85. The van der Waals surface area contributed by atoms with Gasteiger partial charge in [-0.3, -0.25) is 0 Å². The van der Waals surface area contributed by atoms with Crippen LogP contribution in [0.15, 0.2) is 0 Å². The maximum Gasteiger partial charge on any atom is 0.0848 e. The van der Waals surface area contributed by atoms with Crippen molar-refractivity contribution in [2.75, 3.05) is 19.0 Å². The lowest BCUT2D eigenvalue weighted by molar-refractivity contribution is 0.222. The van der Waals surface area contributed by atoms with Crippen molar-refractivity contribution in [2.24, 2.45) is 11.3 Å². The average molecular weight is 188 g/mol. The highest BCUT2D eigenvalue weighted by Gasteiger charge is 2.32. The van der Waals surface area contributed by atoms with Crippen LogP contribution in [0, 0.1) is 11.3 Å². The van der Waals surface area contributed by atoms with Gasteiger partial charge in [-0.25, -0.2) is 0 Å². The normalized spacial score (nSPS) is 38.2. The first kappa shape index (κ1) is 10.3. The molecule has 1 nitrogen and oxygen atoms in total. The molecule has 0 saturated carbocycles. The predicted molar refractivity (Wildman–Crippen MR) is 55.4 cm³/mol. The highest BCUT2D eigenvalue weighted by atomic mass is 31.2. The maximum atomic E-state index is 11.7. The Hall–Kier alpha value is 0.230. The van der Waals surface area contributed by atoms with Gasteiger partial charge >= 0.3 is 0 Å². The second kappa shape index (κ2) is 3.18. The standard InChI is InChI=1S/C10H21OP/c1-10(2,3)9-5-7-12(4,11)8-6-9/h9H,5-8H2,1-4H3. The Morgan fingerprint density at radius 1 is 1.17 bits per heavy atom. The van der Waals surface area contributed by atoms with Crippen LogP contribution in [-0.4, -0.2) is 19.0 Å². The van der Waals surface area contributed by atoms with Crippen molar-refractivity contribution in [1.82, 2.24) is 0 Å². The van der Waals surface area contributed by atoms with Crippen LogP contribution in [-0.2, 0) is 4.57 Å². The Balaban J connectivity index is 2.53. The predicted octanol–water partition coefficient (Wildman–Crippen LogP) is 3.44. The number of hydrogen-bond donors (Lipinski definition) is 0. The van der Waals surface area contributed by atoms with Crippen LogP contribution in [0.5, 0.6) is 0 Å². The van der Waals surface area contributed by atoms with Gasteiger partial charge in [0.1, 0.15) is 0 Å². The Kier molecular flexibility index (Phi) is 2.73. The minimum absolute atomic E-state index is 0.417. The average Bonchev–Trinajstić information content (AvgIpc) is 1.83. The summed E-state index contributed by atoms with van der Waals surface area (Å²) in [6, 6.07) is 0. The van der Waals surface area contributed by atoms with E-state index in [2.05, 4.69) is 20.8 Å². The van der Waals surface area contributed by atoms with Crippen LogP contribution in [0.3, 0.4) is 0 Å². The smallest absolute Gasteiger partial charge is 0.0848 e. The van der Waals surface area contributed by atoms with E-state index in [1.54, 1.807) is 0 Å². The van der Waals surface area contributed by atoms with Gasteiger partial charge in [-0.05, 0) is 30.8 Å². The van der Waals surface area contributed by atoms with Crippen LogP contribution in [0.2, 0.25) is 0 Å². The van der Waals surface area contributed by atoms with Crippen molar-refractivity contribution < 1.29 is 4.57 Å². The molecule has 0 N–H and O–H groups in total. The molecule has 0 aliphatic carbocycles. The van der Waals surface area contributed by atoms with Crippen LogP contribution in [0.25, 0.3) is 0 Å². The van der Waals surface area contributed by atoms with Crippen LogP contribution in [0.4, 0.5) is 0 Å². The first-order chi connectivity index (χ1) is 5.31. The molecule has 0 unspecified atom stereocenters. The van der Waals surface area contributed by atoms with E-state index in [9.17, 15) is 4.57 Å². The van der Waals surface area contributed by atoms with E-state index in [4.69, 9.17) is 0 Å². The van der Waals surface area contributed by atoms with E-state index in [-0.39, 0.29) is 0 Å². The van der Waals surface area contributed by atoms with Gasteiger partial charge in [0.15, 0.2) is 0 Å². The molecule has 0 aromatic rings. The van der Waals surface area contributed by atoms with Gasteiger partial charge in [0.05, 0.1) is 7.14 Å². The second-order valence-electron chi connectivity index (χ2n) is 5.38. The SMILES string of the molecule is CC(C)(C)C1CCP(C)(=O)CC1. The lowest BCUT2D eigenvalue weighted by atomic mass is 9.77. The van der Waals surface area contributed by atoms with E-state index in [1.807, 2.05) is 6.66 Å².